The summed E-state index contributed by atoms with van der Waals surface area (Å²) in [6.45, 7) is 5.73. The Morgan fingerprint density at radius 2 is 1.89 bits per heavy atom. The summed E-state index contributed by atoms with van der Waals surface area (Å²) in [6.07, 6.45) is 3.55. The summed E-state index contributed by atoms with van der Waals surface area (Å²) in [4.78, 5) is 19.6. The van der Waals surface area contributed by atoms with Gasteiger partial charge in [0.1, 0.15) is 5.76 Å². The average Bonchev–Trinajstić information content (AvgIpc) is 3.28. The smallest absolute Gasteiger partial charge is 0.289 e. The highest BCUT2D eigenvalue weighted by Gasteiger charge is 2.45. The minimum atomic E-state index is -0.276. The molecule has 1 aliphatic carbocycles. The van der Waals surface area contributed by atoms with Gasteiger partial charge in [0.25, 0.3) is 5.91 Å². The Morgan fingerprint density at radius 3 is 2.59 bits per heavy atom. The van der Waals surface area contributed by atoms with Crippen LogP contribution < -0.4 is 0 Å². The summed E-state index contributed by atoms with van der Waals surface area (Å²) in [7, 11) is 2.16. The number of aliphatic hydroxyl groups excluding tert-OH is 1. The molecular weight excluding hydrogens is 362 g/mol. The van der Waals surface area contributed by atoms with Crippen LogP contribution in [0.4, 0.5) is 0 Å². The van der Waals surface area contributed by atoms with E-state index < -0.39 is 0 Å². The third kappa shape index (κ3) is 4.06. The lowest BCUT2D eigenvalue weighted by atomic mass is 9.77. The molecule has 0 unspecified atom stereocenters. The van der Waals surface area contributed by atoms with Crippen molar-refractivity contribution in [3.63, 3.8) is 0 Å². The Labute approximate surface area is 165 Å². The second-order valence-corrected chi connectivity index (χ2v) is 9.24. The van der Waals surface area contributed by atoms with E-state index in [9.17, 15) is 9.90 Å². The molecule has 0 aromatic carbocycles. The fourth-order valence-electron chi connectivity index (χ4n) is 4.99. The number of piperazine rings is 1. The molecule has 27 heavy (non-hydrogen) atoms. The number of fused-ring (bicyclic) bond motifs is 1. The van der Waals surface area contributed by atoms with E-state index in [0.717, 1.165) is 63.6 Å². The lowest BCUT2D eigenvalue weighted by Crippen LogP contribution is -2.55. The quantitative estimate of drug-likeness (QED) is 0.839. The Bertz CT molecular complexity index is 659. The van der Waals surface area contributed by atoms with Crippen LogP contribution in [0.15, 0.2) is 16.5 Å². The van der Waals surface area contributed by atoms with Gasteiger partial charge in [-0.2, -0.15) is 11.8 Å². The van der Waals surface area contributed by atoms with Gasteiger partial charge in [-0.3, -0.25) is 9.69 Å². The van der Waals surface area contributed by atoms with Crippen molar-refractivity contribution in [2.45, 2.75) is 30.7 Å². The van der Waals surface area contributed by atoms with Gasteiger partial charge >= 0.3 is 0 Å². The van der Waals surface area contributed by atoms with Crippen molar-refractivity contribution >= 4 is 17.7 Å². The van der Waals surface area contributed by atoms with E-state index in [0.29, 0.717) is 17.6 Å². The third-order valence-electron chi connectivity index (χ3n) is 6.56. The van der Waals surface area contributed by atoms with Crippen molar-refractivity contribution < 1.29 is 14.3 Å². The number of furan rings is 1. The zero-order chi connectivity index (χ0) is 19.0. The largest absolute Gasteiger partial charge is 0.455 e. The topological polar surface area (TPSA) is 60.2 Å². The van der Waals surface area contributed by atoms with E-state index in [1.165, 1.54) is 0 Å². The molecule has 0 spiro atoms. The van der Waals surface area contributed by atoms with Crippen LogP contribution in [0.3, 0.4) is 0 Å². The van der Waals surface area contributed by atoms with E-state index in [2.05, 4.69) is 16.8 Å². The predicted octanol–water partition coefficient (Wildman–Crippen LogP) is 1.60. The lowest BCUT2D eigenvalue weighted by molar-refractivity contribution is -0.0249. The Kier molecular flexibility index (Phi) is 5.83. The first-order valence-electron chi connectivity index (χ1n) is 10.0. The molecule has 4 rings (SSSR count). The zero-order valence-electron chi connectivity index (χ0n) is 16.3. The minimum absolute atomic E-state index is 0.00221. The van der Waals surface area contributed by atoms with E-state index in [-0.39, 0.29) is 18.1 Å². The zero-order valence-corrected chi connectivity index (χ0v) is 17.2. The van der Waals surface area contributed by atoms with Crippen molar-refractivity contribution in [3.05, 3.63) is 23.7 Å². The SMILES string of the molecule is CSCc1ccc(C(=O)N2C[C@H]3C[C@@H](N4CCN(C)CC4)[C@H](O)C[C@H]3C2)o1. The number of rotatable bonds is 4. The highest BCUT2D eigenvalue weighted by atomic mass is 32.2. The molecule has 150 valence electrons. The second kappa shape index (κ2) is 8.15. The summed E-state index contributed by atoms with van der Waals surface area (Å²) < 4.78 is 5.72. The number of aliphatic hydroxyl groups is 1. The number of likely N-dealkylation sites (tertiary alicyclic amines) is 1. The number of likely N-dealkylation sites (N-methyl/N-ethyl adjacent to an activating group) is 1. The van der Waals surface area contributed by atoms with Crippen LogP contribution in [0.5, 0.6) is 0 Å². The van der Waals surface area contributed by atoms with Gasteiger partial charge in [0.05, 0.1) is 11.9 Å². The van der Waals surface area contributed by atoms with Crippen LogP contribution in [0.25, 0.3) is 0 Å². The van der Waals surface area contributed by atoms with Crippen LogP contribution in [0.1, 0.15) is 29.2 Å². The fourth-order valence-corrected chi connectivity index (χ4v) is 5.43. The summed E-state index contributed by atoms with van der Waals surface area (Å²) in [5.74, 6) is 3.00. The number of nitrogens with zero attached hydrogens (tertiary/aromatic N) is 3. The molecule has 3 fully saturated rings. The summed E-state index contributed by atoms with van der Waals surface area (Å²) in [5.41, 5.74) is 0. The molecule has 2 aliphatic heterocycles. The molecule has 1 aromatic heterocycles. The Morgan fingerprint density at radius 1 is 1.19 bits per heavy atom. The number of hydrogen-bond donors (Lipinski definition) is 1. The number of carbonyl (C=O) groups is 1. The molecule has 3 aliphatic rings. The van der Waals surface area contributed by atoms with Crippen molar-refractivity contribution in [3.8, 4) is 0 Å². The first kappa shape index (κ1) is 19.3. The van der Waals surface area contributed by atoms with Crippen molar-refractivity contribution in [2.24, 2.45) is 11.8 Å². The standard InChI is InChI=1S/C20H31N3O3S/c1-21-5-7-22(8-6-21)17-9-14-11-23(12-15(14)10-18(17)24)20(25)19-4-3-16(26-19)13-27-2/h3-4,14-15,17-18,24H,5-13H2,1-2H3/t14-,15+,17-,18-/m1/s1. The van der Waals surface area contributed by atoms with Gasteiger partial charge in [0.2, 0.25) is 0 Å². The molecule has 4 atom stereocenters. The summed E-state index contributed by atoms with van der Waals surface area (Å²) in [5, 5.41) is 10.8. The Balaban J connectivity index is 1.38. The van der Waals surface area contributed by atoms with Crippen molar-refractivity contribution in [1.82, 2.24) is 14.7 Å². The van der Waals surface area contributed by atoms with Crippen LogP contribution in [-0.2, 0) is 5.75 Å². The van der Waals surface area contributed by atoms with Gasteiger partial charge < -0.3 is 19.3 Å². The average molecular weight is 394 g/mol. The van der Waals surface area contributed by atoms with Crippen LogP contribution >= 0.6 is 11.8 Å². The maximum absolute atomic E-state index is 12.9. The van der Waals surface area contributed by atoms with Crippen LogP contribution in [-0.4, -0.2) is 90.4 Å². The highest BCUT2D eigenvalue weighted by Crippen LogP contribution is 2.39. The summed E-state index contributed by atoms with van der Waals surface area (Å²) in [6, 6.07) is 3.95. The Hall–Kier alpha value is -1.02. The number of carbonyl (C=O) groups excluding carboxylic acids is 1. The van der Waals surface area contributed by atoms with Crippen molar-refractivity contribution in [1.29, 1.82) is 0 Å². The van der Waals surface area contributed by atoms with E-state index in [1.807, 2.05) is 17.2 Å². The molecule has 1 saturated carbocycles. The predicted molar refractivity (Wildman–Crippen MR) is 107 cm³/mol. The number of thioether (sulfide) groups is 1. The molecule has 1 amide bonds. The highest BCUT2D eigenvalue weighted by molar-refractivity contribution is 7.97. The minimum Gasteiger partial charge on any atom is -0.455 e. The van der Waals surface area contributed by atoms with Crippen LogP contribution in [0, 0.1) is 11.8 Å². The normalized spacial score (nSPS) is 32.6. The van der Waals surface area contributed by atoms with Crippen molar-refractivity contribution in [2.75, 3.05) is 52.6 Å². The van der Waals surface area contributed by atoms with Crippen LogP contribution in [0.2, 0.25) is 0 Å². The van der Waals surface area contributed by atoms with E-state index in [4.69, 9.17) is 4.42 Å². The molecule has 3 heterocycles. The fraction of sp³-hybridized carbons (Fsp3) is 0.750. The molecular formula is C20H31N3O3S. The van der Waals surface area contributed by atoms with E-state index in [1.54, 1.807) is 17.8 Å². The number of amides is 1. The van der Waals surface area contributed by atoms with Gasteiger partial charge in [-0.05, 0) is 50.1 Å². The number of hydrogen-bond acceptors (Lipinski definition) is 6. The first-order valence-corrected chi connectivity index (χ1v) is 11.4. The monoisotopic (exact) mass is 393 g/mol. The van der Waals surface area contributed by atoms with Gasteiger partial charge in [-0.1, -0.05) is 0 Å². The summed E-state index contributed by atoms with van der Waals surface area (Å²) >= 11 is 1.69. The molecule has 1 aromatic rings. The van der Waals surface area contributed by atoms with Gasteiger partial charge in [0, 0.05) is 45.3 Å². The first-order chi connectivity index (χ1) is 13.0. The molecule has 1 N–H and O–H groups in total. The van der Waals surface area contributed by atoms with Gasteiger partial charge in [-0.25, -0.2) is 0 Å². The maximum atomic E-state index is 12.9. The molecule has 6 nitrogen and oxygen atoms in total. The van der Waals surface area contributed by atoms with Gasteiger partial charge in [-0.15, -0.1) is 0 Å². The third-order valence-corrected chi connectivity index (χ3v) is 7.14. The lowest BCUT2D eigenvalue weighted by Gasteiger charge is -2.44. The molecule has 7 heteroatoms. The van der Waals surface area contributed by atoms with Gasteiger partial charge in [0.15, 0.2) is 5.76 Å². The maximum Gasteiger partial charge on any atom is 0.289 e. The molecule has 0 radical (unpaired) electrons. The second-order valence-electron chi connectivity index (χ2n) is 8.37. The molecule has 0 bridgehead atoms. The van der Waals surface area contributed by atoms with E-state index >= 15 is 0 Å². The molecule has 2 saturated heterocycles.